The molecule has 8 heteroatoms. The van der Waals surface area contributed by atoms with Crippen LogP contribution in [0.3, 0.4) is 0 Å². The number of ether oxygens (including phenoxy) is 2. The van der Waals surface area contributed by atoms with Gasteiger partial charge in [-0.1, -0.05) is 46.0 Å². The molecule has 0 spiro atoms. The highest BCUT2D eigenvalue weighted by Gasteiger charge is 2.41. The van der Waals surface area contributed by atoms with Gasteiger partial charge in [-0.15, -0.1) is 0 Å². The molecule has 1 aromatic heterocycles. The van der Waals surface area contributed by atoms with Crippen molar-refractivity contribution in [3.63, 3.8) is 0 Å². The highest BCUT2D eigenvalue weighted by molar-refractivity contribution is 5.97. The molecule has 8 nitrogen and oxygen atoms in total. The van der Waals surface area contributed by atoms with E-state index in [1.807, 2.05) is 38.8 Å². The van der Waals surface area contributed by atoms with Crippen molar-refractivity contribution in [2.75, 3.05) is 44.8 Å². The second-order valence-electron chi connectivity index (χ2n) is 13.3. The van der Waals surface area contributed by atoms with Crippen molar-refractivity contribution in [3.05, 3.63) is 23.5 Å². The second-order valence-corrected chi connectivity index (χ2v) is 13.3. The Morgan fingerprint density at radius 1 is 1.13 bits per heavy atom. The molecule has 212 valence electrons. The normalized spacial score (nSPS) is 24.4. The van der Waals surface area contributed by atoms with Crippen LogP contribution in [0.4, 0.5) is 10.5 Å². The van der Waals surface area contributed by atoms with Crippen molar-refractivity contribution in [2.45, 2.75) is 103 Å². The second kappa shape index (κ2) is 11.5. The van der Waals surface area contributed by atoms with E-state index < -0.39 is 5.60 Å². The number of pyridine rings is 1. The van der Waals surface area contributed by atoms with E-state index >= 15 is 0 Å². The fraction of sp³-hybridized carbons (Fsp3) is 0.767. The number of aromatic nitrogens is 1. The minimum Gasteiger partial charge on any atom is -0.444 e. The van der Waals surface area contributed by atoms with Crippen LogP contribution in [0.1, 0.15) is 84.9 Å². The lowest BCUT2D eigenvalue weighted by atomic mass is 9.85. The summed E-state index contributed by atoms with van der Waals surface area (Å²) in [6.07, 6.45) is 9.23. The molecular formula is C30H48N4O4. The van der Waals surface area contributed by atoms with Gasteiger partial charge in [0.25, 0.3) is 0 Å². The summed E-state index contributed by atoms with van der Waals surface area (Å²) >= 11 is 0. The molecule has 0 radical (unpaired) electrons. The summed E-state index contributed by atoms with van der Waals surface area (Å²) in [4.78, 5) is 37.4. The van der Waals surface area contributed by atoms with Crippen LogP contribution in [0.5, 0.6) is 0 Å². The van der Waals surface area contributed by atoms with Crippen LogP contribution >= 0.6 is 0 Å². The molecule has 1 saturated heterocycles. The predicted molar refractivity (Wildman–Crippen MR) is 150 cm³/mol. The first-order valence-electron chi connectivity index (χ1n) is 14.4. The van der Waals surface area contributed by atoms with E-state index in [1.165, 1.54) is 32.1 Å². The number of nitrogens with zero attached hydrogens (tertiary/aromatic N) is 4. The van der Waals surface area contributed by atoms with Gasteiger partial charge in [0.05, 0.1) is 24.9 Å². The van der Waals surface area contributed by atoms with Crippen LogP contribution in [-0.4, -0.2) is 84.4 Å². The van der Waals surface area contributed by atoms with Gasteiger partial charge in [0.15, 0.2) is 0 Å². The van der Waals surface area contributed by atoms with E-state index in [4.69, 9.17) is 14.5 Å². The van der Waals surface area contributed by atoms with Crippen LogP contribution < -0.4 is 4.90 Å². The molecule has 3 heterocycles. The number of fused-ring (bicyclic) bond motifs is 1. The number of methoxy groups -OCH3 is 1. The Bertz CT molecular complexity index is 998. The van der Waals surface area contributed by atoms with Crippen LogP contribution in [0.2, 0.25) is 0 Å². The number of carbonyl (C=O) groups excluding carboxylic acids is 2. The molecular weight excluding hydrogens is 480 g/mol. The fourth-order valence-corrected chi connectivity index (χ4v) is 6.31. The monoisotopic (exact) mass is 528 g/mol. The van der Waals surface area contributed by atoms with Gasteiger partial charge in [-0.3, -0.25) is 14.7 Å². The number of hydrogen-bond acceptors (Lipinski definition) is 6. The van der Waals surface area contributed by atoms with E-state index in [2.05, 4.69) is 24.8 Å². The van der Waals surface area contributed by atoms with Crippen molar-refractivity contribution in [1.82, 2.24) is 14.8 Å². The smallest absolute Gasteiger partial charge is 0.410 e. The molecule has 0 unspecified atom stereocenters. The lowest BCUT2D eigenvalue weighted by Gasteiger charge is -2.45. The molecule has 0 N–H and O–H groups in total. The number of amides is 2. The Kier molecular flexibility index (Phi) is 8.72. The molecule has 2 amide bonds. The first-order valence-corrected chi connectivity index (χ1v) is 14.4. The maximum absolute atomic E-state index is 13.8. The Balaban J connectivity index is 1.48. The lowest BCUT2D eigenvalue weighted by Crippen LogP contribution is -2.62. The Labute approximate surface area is 229 Å². The zero-order valence-corrected chi connectivity index (χ0v) is 24.6. The summed E-state index contributed by atoms with van der Waals surface area (Å²) in [7, 11) is 1.66. The van der Waals surface area contributed by atoms with Gasteiger partial charge in [-0.2, -0.15) is 0 Å². The third-order valence-corrected chi connectivity index (χ3v) is 8.32. The molecule has 1 aliphatic carbocycles. The largest absolute Gasteiger partial charge is 0.444 e. The summed E-state index contributed by atoms with van der Waals surface area (Å²) in [5.74, 6) is 0.788. The van der Waals surface area contributed by atoms with Crippen molar-refractivity contribution in [2.24, 2.45) is 5.92 Å². The number of anilines is 1. The molecule has 1 saturated carbocycles. The number of carbonyl (C=O) groups is 2. The summed E-state index contributed by atoms with van der Waals surface area (Å²) in [6, 6.07) is 2.02. The molecule has 4 rings (SSSR count). The number of hydrogen-bond donors (Lipinski definition) is 0. The minimum absolute atomic E-state index is 0.0700. The van der Waals surface area contributed by atoms with E-state index in [9.17, 15) is 9.59 Å². The van der Waals surface area contributed by atoms with Crippen LogP contribution in [0.25, 0.3) is 0 Å². The Morgan fingerprint density at radius 2 is 1.84 bits per heavy atom. The Hall–Kier alpha value is -2.19. The van der Waals surface area contributed by atoms with Gasteiger partial charge in [0, 0.05) is 55.7 Å². The maximum atomic E-state index is 13.8. The zero-order valence-electron chi connectivity index (χ0n) is 24.6. The first-order chi connectivity index (χ1) is 17.9. The Morgan fingerprint density at radius 3 is 2.50 bits per heavy atom. The standard InChI is InChI=1S/C30H48N4O4/c1-21-16-32(24(19-37-7)17-33(21)28(36)38-29(2,3)4)18-27(35)34-20-30(5,6)25-15-31-23(14-26(25)34)13-22-11-9-8-10-12-22/h14-15,21-22,24H,8-13,16-20H2,1-7H3/t21-,24-/m1/s1. The average Bonchev–Trinajstić information content (AvgIpc) is 3.10. The molecule has 0 aromatic carbocycles. The predicted octanol–water partition coefficient (Wildman–Crippen LogP) is 4.78. The number of piperazine rings is 1. The molecule has 3 aliphatic rings. The summed E-state index contributed by atoms with van der Waals surface area (Å²) in [5.41, 5.74) is 2.57. The van der Waals surface area contributed by atoms with Gasteiger partial charge >= 0.3 is 6.09 Å². The fourth-order valence-electron chi connectivity index (χ4n) is 6.31. The van der Waals surface area contributed by atoms with Crippen molar-refractivity contribution >= 4 is 17.7 Å². The van der Waals surface area contributed by atoms with Gasteiger partial charge in [-0.05, 0) is 46.1 Å². The van der Waals surface area contributed by atoms with Gasteiger partial charge in [-0.25, -0.2) is 4.79 Å². The molecule has 38 heavy (non-hydrogen) atoms. The van der Waals surface area contributed by atoms with Crippen LogP contribution in [0.15, 0.2) is 12.3 Å². The maximum Gasteiger partial charge on any atom is 0.410 e. The van der Waals surface area contributed by atoms with Crippen LogP contribution in [0, 0.1) is 5.92 Å². The number of rotatable bonds is 6. The van der Waals surface area contributed by atoms with Crippen molar-refractivity contribution < 1.29 is 19.1 Å². The third-order valence-electron chi connectivity index (χ3n) is 8.32. The summed E-state index contributed by atoms with van der Waals surface area (Å²) in [6.45, 7) is 14.5. The molecule has 2 aliphatic heterocycles. The van der Waals surface area contributed by atoms with Crippen molar-refractivity contribution in [1.29, 1.82) is 0 Å². The van der Waals surface area contributed by atoms with E-state index in [-0.39, 0.29) is 36.0 Å². The average molecular weight is 529 g/mol. The topological polar surface area (TPSA) is 75.2 Å². The highest BCUT2D eigenvalue weighted by atomic mass is 16.6. The molecule has 1 aromatic rings. The van der Waals surface area contributed by atoms with Gasteiger partial charge in [0.1, 0.15) is 5.60 Å². The molecule has 0 bridgehead atoms. The summed E-state index contributed by atoms with van der Waals surface area (Å²) < 4.78 is 11.2. The third kappa shape index (κ3) is 6.68. The summed E-state index contributed by atoms with van der Waals surface area (Å²) in [5, 5.41) is 0. The molecule has 2 fully saturated rings. The lowest BCUT2D eigenvalue weighted by molar-refractivity contribution is -0.121. The quantitative estimate of drug-likeness (QED) is 0.529. The van der Waals surface area contributed by atoms with Crippen molar-refractivity contribution in [3.8, 4) is 0 Å². The molecule has 2 atom stereocenters. The van der Waals surface area contributed by atoms with Gasteiger partial charge in [0.2, 0.25) is 5.91 Å². The van der Waals surface area contributed by atoms with Gasteiger partial charge < -0.3 is 19.3 Å². The van der Waals surface area contributed by atoms with Crippen LogP contribution in [-0.2, 0) is 26.1 Å². The van der Waals surface area contributed by atoms with E-state index in [0.29, 0.717) is 32.2 Å². The SMILES string of the molecule is COC[C@H]1CN(C(=O)OC(C)(C)C)[C@H](C)CN1CC(=O)N1CC(C)(C)c2cnc(CC3CCCCC3)cc21. The van der Waals surface area contributed by atoms with E-state index in [0.717, 1.165) is 23.4 Å². The first kappa shape index (κ1) is 28.8. The van der Waals surface area contributed by atoms with E-state index in [1.54, 1.807) is 12.0 Å². The minimum atomic E-state index is -0.554. The zero-order chi connectivity index (χ0) is 27.7. The highest BCUT2D eigenvalue weighted by Crippen LogP contribution is 2.41.